The molecular formula is C11H14N2O2. The number of hydrogen-bond donors (Lipinski definition) is 3. The van der Waals surface area contributed by atoms with E-state index in [4.69, 9.17) is 0 Å². The highest BCUT2D eigenvalue weighted by Crippen LogP contribution is 2.24. The van der Waals surface area contributed by atoms with E-state index in [2.05, 4.69) is 10.6 Å². The average Bonchev–Trinajstić information content (AvgIpc) is 2.23. The number of rotatable bonds is 1. The average molecular weight is 206 g/mol. The molecule has 1 fully saturated rings. The van der Waals surface area contributed by atoms with Crippen LogP contribution in [0.1, 0.15) is 18.5 Å². The van der Waals surface area contributed by atoms with Crippen molar-refractivity contribution in [3.63, 3.8) is 0 Å². The molecule has 15 heavy (non-hydrogen) atoms. The molecule has 2 rings (SSSR count). The largest absolute Gasteiger partial charge is 0.508 e. The van der Waals surface area contributed by atoms with Gasteiger partial charge in [0.25, 0.3) is 0 Å². The number of carbonyl (C=O) groups excluding carboxylic acids is 1. The minimum Gasteiger partial charge on any atom is -0.508 e. The molecule has 2 unspecified atom stereocenters. The lowest BCUT2D eigenvalue weighted by atomic mass is 10.0. The summed E-state index contributed by atoms with van der Waals surface area (Å²) in [4.78, 5) is 11.2. The molecule has 0 spiro atoms. The highest BCUT2D eigenvalue weighted by Gasteiger charge is 2.26. The summed E-state index contributed by atoms with van der Waals surface area (Å²) < 4.78 is 0. The lowest BCUT2D eigenvalue weighted by molar-refractivity contribution is -0.124. The normalized spacial score (nSPS) is 26.1. The number of para-hydroxylation sites is 1. The van der Waals surface area contributed by atoms with Gasteiger partial charge in [0.05, 0.1) is 12.1 Å². The Labute approximate surface area is 88.3 Å². The fourth-order valence-corrected chi connectivity index (χ4v) is 1.77. The molecule has 1 heterocycles. The Bertz CT molecular complexity index is 379. The molecule has 0 bridgehead atoms. The molecule has 0 aliphatic carbocycles. The van der Waals surface area contributed by atoms with Crippen molar-refractivity contribution in [1.29, 1.82) is 0 Å². The van der Waals surface area contributed by atoms with Crippen LogP contribution < -0.4 is 10.6 Å². The number of amides is 1. The van der Waals surface area contributed by atoms with Crippen molar-refractivity contribution in [1.82, 2.24) is 10.6 Å². The van der Waals surface area contributed by atoms with E-state index in [1.165, 1.54) is 0 Å². The van der Waals surface area contributed by atoms with Crippen molar-refractivity contribution < 1.29 is 9.90 Å². The van der Waals surface area contributed by atoms with E-state index in [0.29, 0.717) is 6.54 Å². The van der Waals surface area contributed by atoms with E-state index in [0.717, 1.165) is 5.56 Å². The summed E-state index contributed by atoms with van der Waals surface area (Å²) in [5.41, 5.74) is 0.823. The zero-order chi connectivity index (χ0) is 10.8. The molecular weight excluding hydrogens is 192 g/mol. The molecule has 80 valence electrons. The number of piperazine rings is 1. The van der Waals surface area contributed by atoms with Gasteiger partial charge in [-0.05, 0) is 13.0 Å². The van der Waals surface area contributed by atoms with Crippen LogP contribution in [-0.2, 0) is 4.79 Å². The summed E-state index contributed by atoms with van der Waals surface area (Å²) in [6.45, 7) is 2.32. The molecule has 0 saturated carbocycles. The molecule has 1 aliphatic heterocycles. The van der Waals surface area contributed by atoms with Crippen LogP contribution in [0.5, 0.6) is 5.75 Å². The summed E-state index contributed by atoms with van der Waals surface area (Å²) in [5, 5.41) is 15.6. The van der Waals surface area contributed by atoms with E-state index in [1.54, 1.807) is 12.1 Å². The first-order valence-electron chi connectivity index (χ1n) is 5.00. The van der Waals surface area contributed by atoms with Gasteiger partial charge >= 0.3 is 0 Å². The number of phenols is 1. The number of benzene rings is 1. The fraction of sp³-hybridized carbons (Fsp3) is 0.364. The molecule has 1 aromatic carbocycles. The van der Waals surface area contributed by atoms with Gasteiger partial charge in [-0.25, -0.2) is 0 Å². The standard InChI is InChI=1S/C11H14N2O2/c1-7-11(15)12-6-9(13-7)8-4-2-3-5-10(8)14/h2-5,7,9,13-14H,6H2,1H3,(H,12,15). The minimum absolute atomic E-state index is 0.00155. The first kappa shape index (κ1) is 9.98. The lowest BCUT2D eigenvalue weighted by Gasteiger charge is -2.29. The highest BCUT2D eigenvalue weighted by atomic mass is 16.3. The summed E-state index contributed by atoms with van der Waals surface area (Å²) in [5.74, 6) is 0.264. The van der Waals surface area contributed by atoms with Crippen LogP contribution in [0.2, 0.25) is 0 Å². The Morgan fingerprint density at radius 1 is 1.40 bits per heavy atom. The number of carbonyl (C=O) groups is 1. The van der Waals surface area contributed by atoms with E-state index in [9.17, 15) is 9.90 Å². The molecule has 2 atom stereocenters. The second kappa shape index (κ2) is 3.90. The van der Waals surface area contributed by atoms with Crippen molar-refractivity contribution >= 4 is 5.91 Å². The molecule has 4 nitrogen and oxygen atoms in total. The monoisotopic (exact) mass is 206 g/mol. The Hall–Kier alpha value is -1.55. The number of hydrogen-bond acceptors (Lipinski definition) is 3. The van der Waals surface area contributed by atoms with Crippen molar-refractivity contribution in [2.45, 2.75) is 19.0 Å². The van der Waals surface area contributed by atoms with E-state index < -0.39 is 0 Å². The predicted octanol–water partition coefficient (Wildman–Crippen LogP) is 0.541. The molecule has 4 heteroatoms. The summed E-state index contributed by atoms with van der Waals surface area (Å²) in [6, 6.07) is 6.93. The maximum Gasteiger partial charge on any atom is 0.236 e. The van der Waals surface area contributed by atoms with Gasteiger partial charge in [0.2, 0.25) is 5.91 Å². The maximum atomic E-state index is 11.2. The SMILES string of the molecule is CC1NC(c2ccccc2O)CNC1=O. The van der Waals surface area contributed by atoms with Gasteiger partial charge in [-0.3, -0.25) is 10.1 Å². The third-order valence-electron chi connectivity index (χ3n) is 2.64. The van der Waals surface area contributed by atoms with Crippen molar-refractivity contribution in [2.75, 3.05) is 6.54 Å². The van der Waals surface area contributed by atoms with Crippen LogP contribution in [0.15, 0.2) is 24.3 Å². The van der Waals surface area contributed by atoms with Crippen molar-refractivity contribution in [2.24, 2.45) is 0 Å². The van der Waals surface area contributed by atoms with Gasteiger partial charge in [-0.1, -0.05) is 18.2 Å². The molecule has 1 saturated heterocycles. The number of phenolic OH excluding ortho intramolecular Hbond substituents is 1. The smallest absolute Gasteiger partial charge is 0.236 e. The van der Waals surface area contributed by atoms with Gasteiger partial charge in [0.1, 0.15) is 5.75 Å². The van der Waals surface area contributed by atoms with E-state index in [-0.39, 0.29) is 23.7 Å². The Balaban J connectivity index is 2.19. The first-order chi connectivity index (χ1) is 7.18. The summed E-state index contributed by atoms with van der Waals surface area (Å²) >= 11 is 0. The van der Waals surface area contributed by atoms with Crippen LogP contribution in [-0.4, -0.2) is 23.6 Å². The molecule has 1 amide bonds. The summed E-state index contributed by atoms with van der Waals surface area (Å²) in [7, 11) is 0. The number of nitrogens with one attached hydrogen (secondary N) is 2. The van der Waals surface area contributed by atoms with Crippen LogP contribution in [0.25, 0.3) is 0 Å². The summed E-state index contributed by atoms with van der Waals surface area (Å²) in [6.07, 6.45) is 0. The molecule has 3 N–H and O–H groups in total. The minimum atomic E-state index is -0.219. The molecule has 0 aromatic heterocycles. The second-order valence-electron chi connectivity index (χ2n) is 3.74. The number of aromatic hydroxyl groups is 1. The van der Waals surface area contributed by atoms with Crippen LogP contribution in [0.4, 0.5) is 0 Å². The van der Waals surface area contributed by atoms with Gasteiger partial charge in [-0.15, -0.1) is 0 Å². The zero-order valence-electron chi connectivity index (χ0n) is 8.53. The van der Waals surface area contributed by atoms with Gasteiger partial charge in [-0.2, -0.15) is 0 Å². The fourth-order valence-electron chi connectivity index (χ4n) is 1.77. The third-order valence-corrected chi connectivity index (χ3v) is 2.64. The zero-order valence-corrected chi connectivity index (χ0v) is 8.53. The van der Waals surface area contributed by atoms with Gasteiger partial charge in [0, 0.05) is 12.1 Å². The van der Waals surface area contributed by atoms with Crippen LogP contribution in [0, 0.1) is 0 Å². The third kappa shape index (κ3) is 1.94. The van der Waals surface area contributed by atoms with Crippen LogP contribution >= 0.6 is 0 Å². The Morgan fingerprint density at radius 2 is 2.13 bits per heavy atom. The van der Waals surface area contributed by atoms with E-state index >= 15 is 0 Å². The van der Waals surface area contributed by atoms with Gasteiger partial charge in [0.15, 0.2) is 0 Å². The van der Waals surface area contributed by atoms with E-state index in [1.807, 2.05) is 19.1 Å². The Morgan fingerprint density at radius 3 is 2.80 bits per heavy atom. The topological polar surface area (TPSA) is 61.4 Å². The first-order valence-corrected chi connectivity index (χ1v) is 5.00. The molecule has 0 radical (unpaired) electrons. The predicted molar refractivity (Wildman–Crippen MR) is 56.5 cm³/mol. The van der Waals surface area contributed by atoms with Gasteiger partial charge < -0.3 is 10.4 Å². The molecule has 1 aromatic rings. The Kier molecular flexibility index (Phi) is 2.60. The van der Waals surface area contributed by atoms with Crippen LogP contribution in [0.3, 0.4) is 0 Å². The highest BCUT2D eigenvalue weighted by molar-refractivity contribution is 5.82. The quantitative estimate of drug-likeness (QED) is 0.628. The second-order valence-corrected chi connectivity index (χ2v) is 3.74. The lowest BCUT2D eigenvalue weighted by Crippen LogP contribution is -2.52. The molecule has 1 aliphatic rings. The van der Waals surface area contributed by atoms with Crippen molar-refractivity contribution in [3.8, 4) is 5.75 Å². The van der Waals surface area contributed by atoms with Crippen molar-refractivity contribution in [3.05, 3.63) is 29.8 Å². The maximum absolute atomic E-state index is 11.2.